The first-order valence-corrected chi connectivity index (χ1v) is 10.3. The van der Waals surface area contributed by atoms with Crippen molar-refractivity contribution in [2.24, 2.45) is 4.99 Å². The maximum Gasteiger partial charge on any atom is 0.193 e. The van der Waals surface area contributed by atoms with Gasteiger partial charge in [0.2, 0.25) is 0 Å². The summed E-state index contributed by atoms with van der Waals surface area (Å²) in [7, 11) is 3.60. The minimum atomic E-state index is 0. The minimum absolute atomic E-state index is 0. The number of aliphatic imine (C=N–C) groups is 1. The Bertz CT molecular complexity index is 652. The molecule has 0 saturated carbocycles. The van der Waals surface area contributed by atoms with Crippen LogP contribution in [0.4, 0.5) is 5.69 Å². The number of rotatable bonds is 8. The van der Waals surface area contributed by atoms with E-state index in [0.29, 0.717) is 6.10 Å². The molecule has 0 atom stereocenters. The monoisotopic (exact) mass is 514 g/mol. The summed E-state index contributed by atoms with van der Waals surface area (Å²) >= 11 is 0. The van der Waals surface area contributed by atoms with Gasteiger partial charge in [-0.2, -0.15) is 0 Å². The van der Waals surface area contributed by atoms with Crippen molar-refractivity contribution in [3.05, 3.63) is 42.0 Å². The van der Waals surface area contributed by atoms with E-state index in [1.54, 1.807) is 7.11 Å². The largest absolute Gasteiger partial charge is 0.385 e. The van der Waals surface area contributed by atoms with Gasteiger partial charge in [0.25, 0.3) is 0 Å². The molecule has 0 spiro atoms. The number of hydrogen-bond acceptors (Lipinski definition) is 4. The van der Waals surface area contributed by atoms with Gasteiger partial charge in [0.05, 0.1) is 6.10 Å². The van der Waals surface area contributed by atoms with Crippen LogP contribution in [0.15, 0.2) is 41.4 Å². The average molecular weight is 514 g/mol. The highest BCUT2D eigenvalue weighted by atomic mass is 127. The van der Waals surface area contributed by atoms with Crippen molar-refractivity contribution in [2.45, 2.75) is 31.9 Å². The quantitative estimate of drug-likeness (QED) is 0.190. The van der Waals surface area contributed by atoms with Crippen LogP contribution in [0.3, 0.4) is 0 Å². The summed E-state index contributed by atoms with van der Waals surface area (Å²) in [6.07, 6.45) is 7.86. The summed E-state index contributed by atoms with van der Waals surface area (Å²) < 4.78 is 11.0. The number of benzene rings is 1. The number of nitrogens with zero attached hydrogens (tertiary/aromatic N) is 3. The molecule has 6 nitrogen and oxygen atoms in total. The first-order valence-electron chi connectivity index (χ1n) is 10.3. The molecule has 3 rings (SSSR count). The molecule has 0 amide bonds. The van der Waals surface area contributed by atoms with Crippen molar-refractivity contribution in [3.63, 3.8) is 0 Å². The van der Waals surface area contributed by atoms with E-state index in [1.807, 2.05) is 7.05 Å². The van der Waals surface area contributed by atoms with E-state index in [1.165, 1.54) is 11.3 Å². The number of anilines is 1. The summed E-state index contributed by atoms with van der Waals surface area (Å²) in [5.41, 5.74) is 2.56. The van der Waals surface area contributed by atoms with E-state index in [0.717, 1.165) is 71.2 Å². The number of ether oxygens (including phenoxy) is 2. The Kier molecular flexibility index (Phi) is 10.8. The van der Waals surface area contributed by atoms with Crippen LogP contribution in [0.2, 0.25) is 0 Å². The predicted molar refractivity (Wildman–Crippen MR) is 130 cm³/mol. The van der Waals surface area contributed by atoms with Crippen LogP contribution in [0.25, 0.3) is 0 Å². The van der Waals surface area contributed by atoms with Crippen LogP contribution in [0, 0.1) is 0 Å². The lowest BCUT2D eigenvalue weighted by molar-refractivity contribution is 0.00989. The number of hydrogen-bond donors (Lipinski definition) is 1. The van der Waals surface area contributed by atoms with Crippen LogP contribution in [-0.4, -0.2) is 70.5 Å². The normalized spacial score (nSPS) is 17.5. The van der Waals surface area contributed by atoms with E-state index in [2.05, 4.69) is 56.5 Å². The van der Waals surface area contributed by atoms with Crippen molar-refractivity contribution < 1.29 is 9.47 Å². The third-order valence-electron chi connectivity index (χ3n) is 5.34. The number of halogens is 1. The molecule has 1 saturated heterocycles. The molecular weight excluding hydrogens is 479 g/mol. The molecule has 0 aromatic heterocycles. The molecule has 1 N–H and O–H groups in total. The smallest absolute Gasteiger partial charge is 0.193 e. The molecule has 162 valence electrons. The van der Waals surface area contributed by atoms with E-state index in [4.69, 9.17) is 9.47 Å². The van der Waals surface area contributed by atoms with E-state index in [9.17, 15) is 0 Å². The van der Waals surface area contributed by atoms with E-state index < -0.39 is 0 Å². The molecule has 0 unspecified atom stereocenters. The van der Waals surface area contributed by atoms with Gasteiger partial charge >= 0.3 is 0 Å². The predicted octanol–water partition coefficient (Wildman–Crippen LogP) is 3.27. The standard InChI is InChI=1S/C22H34N4O2.HI/c1-23-22(26-13-9-21(10-14-26)28-16-6-15-27-2)24-18-19-7-5-8-20(17-19)25-11-3-4-12-25;/h3-5,7-8,17,21H,6,9-16,18H2,1-2H3,(H,23,24);1H. The number of nitrogens with one attached hydrogen (secondary N) is 1. The summed E-state index contributed by atoms with van der Waals surface area (Å²) in [5.74, 6) is 0.978. The second-order valence-electron chi connectivity index (χ2n) is 7.35. The molecule has 0 aliphatic carbocycles. The number of methoxy groups -OCH3 is 1. The SMILES string of the molecule is CN=C(NCc1cccc(N2CC=CC2)c1)N1CCC(OCCCOC)CC1.I. The molecule has 2 heterocycles. The van der Waals surface area contributed by atoms with Crippen molar-refractivity contribution in [1.29, 1.82) is 0 Å². The van der Waals surface area contributed by atoms with Gasteiger partial charge in [-0.05, 0) is 37.0 Å². The van der Waals surface area contributed by atoms with Gasteiger partial charge < -0.3 is 24.6 Å². The third-order valence-corrected chi connectivity index (χ3v) is 5.34. The van der Waals surface area contributed by atoms with Crippen LogP contribution in [0.1, 0.15) is 24.8 Å². The molecule has 0 bridgehead atoms. The Morgan fingerprint density at radius 1 is 1.17 bits per heavy atom. The summed E-state index contributed by atoms with van der Waals surface area (Å²) in [5, 5.41) is 3.53. The molecule has 7 heteroatoms. The Labute approximate surface area is 192 Å². The maximum atomic E-state index is 5.96. The van der Waals surface area contributed by atoms with Crippen molar-refractivity contribution in [2.75, 3.05) is 58.5 Å². The zero-order valence-electron chi connectivity index (χ0n) is 17.7. The Morgan fingerprint density at radius 3 is 2.62 bits per heavy atom. The molecule has 2 aliphatic heterocycles. The molecule has 29 heavy (non-hydrogen) atoms. The lowest BCUT2D eigenvalue weighted by Crippen LogP contribution is -2.46. The number of likely N-dealkylation sites (tertiary alicyclic amines) is 1. The van der Waals surface area contributed by atoms with Gasteiger partial charge in [-0.25, -0.2) is 0 Å². The lowest BCUT2D eigenvalue weighted by atomic mass is 10.1. The van der Waals surface area contributed by atoms with Crippen LogP contribution in [-0.2, 0) is 16.0 Å². The second-order valence-corrected chi connectivity index (χ2v) is 7.35. The van der Waals surface area contributed by atoms with Gasteiger partial charge in [0.1, 0.15) is 0 Å². The van der Waals surface area contributed by atoms with Crippen LogP contribution >= 0.6 is 24.0 Å². The molecule has 0 radical (unpaired) electrons. The maximum absolute atomic E-state index is 5.96. The Morgan fingerprint density at radius 2 is 1.93 bits per heavy atom. The molecule has 2 aliphatic rings. The molecule has 1 fully saturated rings. The fourth-order valence-electron chi connectivity index (χ4n) is 3.75. The van der Waals surface area contributed by atoms with Gasteiger partial charge in [0, 0.05) is 65.8 Å². The average Bonchev–Trinajstić information content (AvgIpc) is 3.28. The second kappa shape index (κ2) is 13.1. The van der Waals surface area contributed by atoms with Gasteiger partial charge in [-0.3, -0.25) is 4.99 Å². The van der Waals surface area contributed by atoms with Crippen molar-refractivity contribution in [3.8, 4) is 0 Å². The van der Waals surface area contributed by atoms with Gasteiger partial charge in [-0.1, -0.05) is 24.3 Å². The first-order chi connectivity index (χ1) is 13.8. The number of guanidine groups is 1. The fourth-order valence-corrected chi connectivity index (χ4v) is 3.75. The summed E-state index contributed by atoms with van der Waals surface area (Å²) in [4.78, 5) is 9.20. The van der Waals surface area contributed by atoms with Crippen LogP contribution < -0.4 is 10.2 Å². The third kappa shape index (κ3) is 7.46. The topological polar surface area (TPSA) is 49.3 Å². The minimum Gasteiger partial charge on any atom is -0.385 e. The molecular formula is C22H35IN4O2. The van der Waals surface area contributed by atoms with Gasteiger partial charge in [-0.15, -0.1) is 24.0 Å². The van der Waals surface area contributed by atoms with Crippen LogP contribution in [0.5, 0.6) is 0 Å². The van der Waals surface area contributed by atoms with Gasteiger partial charge in [0.15, 0.2) is 5.96 Å². The Hall–Kier alpha value is -1.32. The summed E-state index contributed by atoms with van der Waals surface area (Å²) in [6.45, 7) is 6.30. The zero-order chi connectivity index (χ0) is 19.6. The Balaban J connectivity index is 0.00000300. The zero-order valence-corrected chi connectivity index (χ0v) is 20.0. The van der Waals surface area contributed by atoms with E-state index in [-0.39, 0.29) is 24.0 Å². The molecule has 1 aromatic rings. The van der Waals surface area contributed by atoms with Crippen molar-refractivity contribution >= 4 is 35.6 Å². The van der Waals surface area contributed by atoms with E-state index >= 15 is 0 Å². The highest BCUT2D eigenvalue weighted by Gasteiger charge is 2.21. The fraction of sp³-hybridized carbons (Fsp3) is 0.591. The summed E-state index contributed by atoms with van der Waals surface area (Å²) in [6, 6.07) is 8.77. The molecule has 1 aromatic carbocycles. The van der Waals surface area contributed by atoms with Crippen molar-refractivity contribution in [1.82, 2.24) is 10.2 Å². The number of piperidine rings is 1. The lowest BCUT2D eigenvalue weighted by Gasteiger charge is -2.34. The highest BCUT2D eigenvalue weighted by Crippen LogP contribution is 2.19. The first kappa shape index (κ1) is 24.0. The highest BCUT2D eigenvalue weighted by molar-refractivity contribution is 14.0.